The van der Waals surface area contributed by atoms with Gasteiger partial charge < -0.3 is 0 Å². The molecule has 2 saturated carbocycles. The first-order chi connectivity index (χ1) is 7.74. The zero-order valence-electron chi connectivity index (χ0n) is 9.78. The lowest BCUT2D eigenvalue weighted by Gasteiger charge is -2.22. The van der Waals surface area contributed by atoms with Crippen molar-refractivity contribution in [3.63, 3.8) is 0 Å². The summed E-state index contributed by atoms with van der Waals surface area (Å²) in [6.45, 7) is 2.59. The van der Waals surface area contributed by atoms with E-state index in [2.05, 4.69) is 5.10 Å². The first kappa shape index (κ1) is 10.1. The summed E-state index contributed by atoms with van der Waals surface area (Å²) in [6.07, 6.45) is 6.41. The van der Waals surface area contributed by atoms with E-state index in [0.717, 1.165) is 23.9 Å². The number of hydrogen-bond acceptors (Lipinski definition) is 2. The Morgan fingerprint density at radius 3 is 2.69 bits per heavy atom. The summed E-state index contributed by atoms with van der Waals surface area (Å²) >= 11 is 0. The highest BCUT2D eigenvalue weighted by atomic mass is 16.1. The van der Waals surface area contributed by atoms with Gasteiger partial charge in [0, 0.05) is 19.4 Å². The van der Waals surface area contributed by atoms with Gasteiger partial charge in [0.1, 0.15) is 5.69 Å². The van der Waals surface area contributed by atoms with Crippen LogP contribution in [0.4, 0.5) is 0 Å². The molecular weight excluding hydrogens is 200 g/mol. The van der Waals surface area contributed by atoms with Gasteiger partial charge in [0.05, 0.1) is 5.69 Å². The minimum Gasteiger partial charge on any atom is -0.293 e. The van der Waals surface area contributed by atoms with Gasteiger partial charge in [-0.3, -0.25) is 9.48 Å². The van der Waals surface area contributed by atoms with Gasteiger partial charge in [0.2, 0.25) is 0 Å². The van der Waals surface area contributed by atoms with Gasteiger partial charge in [0.25, 0.3) is 0 Å². The van der Waals surface area contributed by atoms with Crippen molar-refractivity contribution < 1.29 is 4.79 Å². The molecule has 0 spiro atoms. The van der Waals surface area contributed by atoms with Gasteiger partial charge in [-0.05, 0) is 37.7 Å². The fraction of sp³-hybridized carbons (Fsp3) is 0.692. The average molecular weight is 218 g/mol. The van der Waals surface area contributed by atoms with Crippen LogP contribution in [0.3, 0.4) is 0 Å². The molecule has 0 radical (unpaired) electrons. The van der Waals surface area contributed by atoms with Crippen molar-refractivity contribution in [2.75, 3.05) is 0 Å². The number of carbonyl (C=O) groups excluding carboxylic acids is 1. The molecule has 3 nitrogen and oxygen atoms in total. The van der Waals surface area contributed by atoms with Crippen LogP contribution < -0.4 is 0 Å². The molecule has 2 aliphatic rings. The van der Waals surface area contributed by atoms with E-state index in [0.29, 0.717) is 5.92 Å². The number of carbonyl (C=O) groups is 1. The van der Waals surface area contributed by atoms with E-state index in [1.54, 1.807) is 6.92 Å². The molecular formula is C13H18N2O. The molecule has 3 rings (SSSR count). The van der Waals surface area contributed by atoms with Crippen LogP contribution in [0.1, 0.15) is 61.1 Å². The third kappa shape index (κ3) is 1.79. The molecule has 1 heterocycles. The van der Waals surface area contributed by atoms with E-state index in [-0.39, 0.29) is 5.78 Å². The second kappa shape index (κ2) is 3.72. The molecule has 16 heavy (non-hydrogen) atoms. The molecule has 0 amide bonds. The Kier molecular flexibility index (Phi) is 2.34. The second-order valence-corrected chi connectivity index (χ2v) is 5.26. The third-order valence-corrected chi connectivity index (χ3v) is 3.81. The maximum Gasteiger partial charge on any atom is 0.177 e. The first-order valence-electron chi connectivity index (χ1n) is 6.32. The zero-order chi connectivity index (χ0) is 11.1. The second-order valence-electron chi connectivity index (χ2n) is 5.26. The maximum atomic E-state index is 11.5. The lowest BCUT2D eigenvalue weighted by molar-refractivity contribution is 0.100. The van der Waals surface area contributed by atoms with E-state index in [1.807, 2.05) is 10.7 Å². The predicted molar refractivity (Wildman–Crippen MR) is 61.5 cm³/mol. The Hall–Kier alpha value is -1.12. The summed E-state index contributed by atoms with van der Waals surface area (Å²) in [5, 5.41) is 4.63. The molecule has 0 aromatic carbocycles. The molecule has 1 aromatic rings. The summed E-state index contributed by atoms with van der Waals surface area (Å²) in [6, 6.07) is 2.02. The number of hydrogen-bond donors (Lipinski definition) is 0. The van der Waals surface area contributed by atoms with E-state index in [4.69, 9.17) is 0 Å². The molecule has 3 heteroatoms. The average Bonchev–Trinajstić information content (AvgIpc) is 2.84. The first-order valence-corrected chi connectivity index (χ1v) is 6.32. The highest BCUT2D eigenvalue weighted by molar-refractivity contribution is 5.92. The summed E-state index contributed by atoms with van der Waals surface area (Å²) < 4.78 is 1.95. The van der Waals surface area contributed by atoms with Gasteiger partial charge >= 0.3 is 0 Å². The summed E-state index contributed by atoms with van der Waals surface area (Å²) in [4.78, 5) is 11.5. The van der Waals surface area contributed by atoms with Gasteiger partial charge in [-0.2, -0.15) is 5.10 Å². The predicted octanol–water partition coefficient (Wildman–Crippen LogP) is 2.76. The Balaban J connectivity index is 1.86. The molecule has 2 aliphatic carbocycles. The minimum atomic E-state index is 0.152. The monoisotopic (exact) mass is 218 g/mol. The van der Waals surface area contributed by atoms with Crippen LogP contribution in [0.2, 0.25) is 0 Å². The van der Waals surface area contributed by atoms with Crippen LogP contribution in [-0.4, -0.2) is 15.6 Å². The van der Waals surface area contributed by atoms with Gasteiger partial charge in [0.15, 0.2) is 5.78 Å². The number of nitrogens with zero attached hydrogens (tertiary/aromatic N) is 2. The van der Waals surface area contributed by atoms with Gasteiger partial charge in [-0.25, -0.2) is 0 Å². The van der Waals surface area contributed by atoms with Crippen molar-refractivity contribution in [3.8, 4) is 0 Å². The molecule has 0 unspecified atom stereocenters. The lowest BCUT2D eigenvalue weighted by Crippen LogP contribution is -2.12. The quantitative estimate of drug-likeness (QED) is 0.728. The normalized spacial score (nSPS) is 20.8. The molecule has 2 fully saturated rings. The van der Waals surface area contributed by atoms with Crippen LogP contribution in [0.25, 0.3) is 0 Å². The van der Waals surface area contributed by atoms with E-state index >= 15 is 0 Å². The van der Waals surface area contributed by atoms with Crippen LogP contribution in [0.15, 0.2) is 6.07 Å². The van der Waals surface area contributed by atoms with Crippen molar-refractivity contribution in [1.82, 2.24) is 9.78 Å². The molecule has 0 atom stereocenters. The summed E-state index contributed by atoms with van der Waals surface area (Å²) in [5.41, 5.74) is 1.96. The van der Waals surface area contributed by atoms with Gasteiger partial charge in [-0.1, -0.05) is 6.42 Å². The Bertz CT molecular complexity index is 414. The number of Topliss-reactive ketones (excluding diaryl/α,β-unsaturated/α-hetero) is 1. The fourth-order valence-corrected chi connectivity index (χ4v) is 2.31. The Morgan fingerprint density at radius 1 is 1.44 bits per heavy atom. The smallest absolute Gasteiger partial charge is 0.177 e. The molecule has 1 aromatic heterocycles. The summed E-state index contributed by atoms with van der Waals surface area (Å²) in [5.74, 6) is 1.55. The molecule has 0 saturated heterocycles. The fourth-order valence-electron chi connectivity index (χ4n) is 2.31. The molecule has 0 aliphatic heterocycles. The van der Waals surface area contributed by atoms with E-state index < -0.39 is 0 Å². The summed E-state index contributed by atoms with van der Waals surface area (Å²) in [7, 11) is 0. The standard InChI is InChI=1S/C13H18N2O/c1-9(16)13-7-12(11-3-2-4-11)14-15(13)8-10-5-6-10/h7,10-11H,2-6,8H2,1H3. The van der Waals surface area contributed by atoms with Crippen LogP contribution in [0.5, 0.6) is 0 Å². The SMILES string of the molecule is CC(=O)c1cc(C2CCC2)nn1CC1CC1. The lowest BCUT2D eigenvalue weighted by atomic mass is 9.83. The Labute approximate surface area is 95.8 Å². The molecule has 0 bridgehead atoms. The highest BCUT2D eigenvalue weighted by Gasteiger charge is 2.27. The molecule has 86 valence electrons. The maximum absolute atomic E-state index is 11.5. The van der Waals surface area contributed by atoms with Crippen LogP contribution in [-0.2, 0) is 6.54 Å². The topological polar surface area (TPSA) is 34.9 Å². The van der Waals surface area contributed by atoms with Crippen molar-refractivity contribution >= 4 is 5.78 Å². The van der Waals surface area contributed by atoms with Crippen molar-refractivity contribution in [3.05, 3.63) is 17.5 Å². The van der Waals surface area contributed by atoms with E-state index in [1.165, 1.54) is 32.1 Å². The van der Waals surface area contributed by atoms with Crippen LogP contribution in [0, 0.1) is 5.92 Å². The van der Waals surface area contributed by atoms with E-state index in [9.17, 15) is 4.79 Å². The van der Waals surface area contributed by atoms with Crippen LogP contribution >= 0.6 is 0 Å². The van der Waals surface area contributed by atoms with Gasteiger partial charge in [-0.15, -0.1) is 0 Å². The zero-order valence-corrected chi connectivity index (χ0v) is 9.78. The minimum absolute atomic E-state index is 0.152. The van der Waals surface area contributed by atoms with Crippen molar-refractivity contribution in [1.29, 1.82) is 0 Å². The number of ketones is 1. The van der Waals surface area contributed by atoms with Crippen molar-refractivity contribution in [2.45, 2.75) is 51.5 Å². The number of aromatic nitrogens is 2. The Morgan fingerprint density at radius 2 is 2.19 bits per heavy atom. The van der Waals surface area contributed by atoms with Crippen molar-refractivity contribution in [2.24, 2.45) is 5.92 Å². The highest BCUT2D eigenvalue weighted by Crippen LogP contribution is 2.37. The largest absolute Gasteiger partial charge is 0.293 e. The third-order valence-electron chi connectivity index (χ3n) is 3.81. The number of rotatable bonds is 4. The molecule has 0 N–H and O–H groups in total.